The zero-order chi connectivity index (χ0) is 21.4. The topological polar surface area (TPSA) is 76.5 Å². The van der Waals surface area contributed by atoms with E-state index in [0.29, 0.717) is 27.1 Å². The molecule has 0 atom stereocenters. The van der Waals surface area contributed by atoms with Crippen molar-refractivity contribution in [2.75, 3.05) is 0 Å². The Morgan fingerprint density at radius 2 is 2.03 bits per heavy atom. The molecule has 9 heteroatoms. The quantitative estimate of drug-likeness (QED) is 0.347. The summed E-state index contributed by atoms with van der Waals surface area (Å²) in [6, 6.07) is 15.7. The van der Waals surface area contributed by atoms with Gasteiger partial charge >= 0.3 is 0 Å². The number of nitrogens with zero attached hydrogens (tertiary/aromatic N) is 4. The van der Waals surface area contributed by atoms with Gasteiger partial charge in [-0.2, -0.15) is 0 Å². The van der Waals surface area contributed by atoms with Crippen molar-refractivity contribution in [3.05, 3.63) is 87.0 Å². The van der Waals surface area contributed by atoms with E-state index in [9.17, 15) is 4.79 Å². The smallest absolute Gasteiger partial charge is 0.260 e. The van der Waals surface area contributed by atoms with Gasteiger partial charge in [-0.25, -0.2) is 4.98 Å². The zero-order valence-electron chi connectivity index (χ0n) is 16.4. The van der Waals surface area contributed by atoms with Crippen LogP contribution in [0, 0.1) is 6.92 Å². The average molecular weight is 466 g/mol. The lowest BCUT2D eigenvalue weighted by Crippen LogP contribution is -2.11. The highest BCUT2D eigenvalue weighted by atomic mass is 35.5. The van der Waals surface area contributed by atoms with E-state index in [1.807, 2.05) is 65.4 Å². The molecule has 5 aromatic rings. The lowest BCUT2D eigenvalue weighted by atomic mass is 10.1. The fourth-order valence-corrected chi connectivity index (χ4v) is 5.20. The van der Waals surface area contributed by atoms with Gasteiger partial charge in [-0.05, 0) is 30.2 Å². The standard InChI is InChI=1S/C22H16ClN5OS2/c1-13-7-8-15(9-17(13)23)28-12-24-27-22(28)31-11-18-25-20(29)19-16(10-30-21(19)26-18)14-5-3-2-4-6-14/h2-10,12H,11H2,1H3,(H,25,26,29). The molecule has 0 aliphatic carbocycles. The lowest BCUT2D eigenvalue weighted by Gasteiger charge is -2.08. The number of aromatic amines is 1. The molecule has 5 rings (SSSR count). The third kappa shape index (κ3) is 3.89. The third-order valence-electron chi connectivity index (χ3n) is 4.87. The summed E-state index contributed by atoms with van der Waals surface area (Å²) in [7, 11) is 0. The molecule has 31 heavy (non-hydrogen) atoms. The molecule has 6 nitrogen and oxygen atoms in total. The monoisotopic (exact) mass is 465 g/mol. The van der Waals surface area contributed by atoms with Crippen LogP contribution in [0.2, 0.25) is 5.02 Å². The fraction of sp³-hybridized carbons (Fsp3) is 0.0909. The number of thioether (sulfide) groups is 1. The number of H-pyrrole nitrogens is 1. The summed E-state index contributed by atoms with van der Waals surface area (Å²) < 4.78 is 1.87. The second-order valence-corrected chi connectivity index (χ2v) is 9.12. The van der Waals surface area contributed by atoms with Crippen LogP contribution in [0.25, 0.3) is 27.0 Å². The highest BCUT2D eigenvalue weighted by Gasteiger charge is 2.14. The van der Waals surface area contributed by atoms with E-state index < -0.39 is 0 Å². The van der Waals surface area contributed by atoms with Crippen LogP contribution in [0.15, 0.2) is 70.2 Å². The van der Waals surface area contributed by atoms with E-state index >= 15 is 0 Å². The summed E-state index contributed by atoms with van der Waals surface area (Å²) >= 11 is 9.19. The van der Waals surface area contributed by atoms with Crippen LogP contribution in [-0.2, 0) is 5.75 Å². The van der Waals surface area contributed by atoms with Gasteiger partial charge in [0.25, 0.3) is 5.56 Å². The summed E-state index contributed by atoms with van der Waals surface area (Å²) in [5, 5.41) is 12.2. The highest BCUT2D eigenvalue weighted by molar-refractivity contribution is 7.98. The van der Waals surface area contributed by atoms with Crippen molar-refractivity contribution in [3.8, 4) is 16.8 Å². The first kappa shape index (κ1) is 20.0. The average Bonchev–Trinajstić information content (AvgIpc) is 3.42. The van der Waals surface area contributed by atoms with E-state index in [2.05, 4.69) is 20.2 Å². The van der Waals surface area contributed by atoms with Gasteiger partial charge in [-0.1, -0.05) is 59.8 Å². The van der Waals surface area contributed by atoms with Gasteiger partial charge in [0.1, 0.15) is 17.0 Å². The van der Waals surface area contributed by atoms with Crippen molar-refractivity contribution in [1.29, 1.82) is 0 Å². The molecule has 0 saturated carbocycles. The number of rotatable bonds is 5. The molecule has 1 N–H and O–H groups in total. The van der Waals surface area contributed by atoms with Crippen molar-refractivity contribution >= 4 is 44.9 Å². The first-order valence-electron chi connectivity index (χ1n) is 9.45. The van der Waals surface area contributed by atoms with Crippen molar-refractivity contribution < 1.29 is 0 Å². The molecule has 154 valence electrons. The van der Waals surface area contributed by atoms with E-state index in [1.54, 1.807) is 6.33 Å². The molecule has 0 fully saturated rings. The van der Waals surface area contributed by atoms with E-state index in [-0.39, 0.29) is 5.56 Å². The normalized spacial score (nSPS) is 11.3. The molecule has 0 spiro atoms. The number of hydrogen-bond donors (Lipinski definition) is 1. The van der Waals surface area contributed by atoms with Crippen LogP contribution >= 0.6 is 34.7 Å². The van der Waals surface area contributed by atoms with Crippen LogP contribution in [0.1, 0.15) is 11.4 Å². The minimum atomic E-state index is -0.132. The van der Waals surface area contributed by atoms with Crippen molar-refractivity contribution in [1.82, 2.24) is 24.7 Å². The van der Waals surface area contributed by atoms with Gasteiger partial charge in [-0.15, -0.1) is 21.5 Å². The summed E-state index contributed by atoms with van der Waals surface area (Å²) in [5.74, 6) is 1.06. The minimum Gasteiger partial charge on any atom is -0.309 e. The summed E-state index contributed by atoms with van der Waals surface area (Å²) in [6.45, 7) is 1.96. The molecular formula is C22H16ClN5OS2. The Hall–Kier alpha value is -2.94. The van der Waals surface area contributed by atoms with Crippen molar-refractivity contribution in [2.45, 2.75) is 17.8 Å². The number of nitrogens with one attached hydrogen (secondary N) is 1. The molecule has 0 amide bonds. The molecule has 0 aliphatic heterocycles. The summed E-state index contributed by atoms with van der Waals surface area (Å²) in [5.41, 5.74) is 3.67. The van der Waals surface area contributed by atoms with Crippen LogP contribution in [0.5, 0.6) is 0 Å². The fourth-order valence-electron chi connectivity index (χ4n) is 3.26. The molecular weight excluding hydrogens is 450 g/mol. The number of benzene rings is 2. The second-order valence-electron chi connectivity index (χ2n) is 6.91. The second kappa shape index (κ2) is 8.30. The minimum absolute atomic E-state index is 0.132. The SMILES string of the molecule is Cc1ccc(-n2cnnc2SCc2nc3scc(-c4ccccc4)c3c(=O)[nH]2)cc1Cl. The number of halogens is 1. The van der Waals surface area contributed by atoms with Crippen LogP contribution in [0.4, 0.5) is 0 Å². The molecule has 0 bridgehead atoms. The maximum atomic E-state index is 12.8. The number of fused-ring (bicyclic) bond motifs is 1. The Bertz CT molecular complexity index is 1440. The van der Waals surface area contributed by atoms with E-state index in [4.69, 9.17) is 11.6 Å². The molecule has 0 saturated heterocycles. The van der Waals surface area contributed by atoms with E-state index in [1.165, 1.54) is 23.1 Å². The van der Waals surface area contributed by atoms with Gasteiger partial charge in [0.15, 0.2) is 5.16 Å². The lowest BCUT2D eigenvalue weighted by molar-refractivity contribution is 0.881. The van der Waals surface area contributed by atoms with Gasteiger partial charge in [0.2, 0.25) is 0 Å². The Morgan fingerprint density at radius 1 is 1.19 bits per heavy atom. The van der Waals surface area contributed by atoms with Crippen molar-refractivity contribution in [2.24, 2.45) is 0 Å². The highest BCUT2D eigenvalue weighted by Crippen LogP contribution is 2.31. The van der Waals surface area contributed by atoms with Gasteiger partial charge in [-0.3, -0.25) is 9.36 Å². The Kier molecular flexibility index (Phi) is 5.35. The van der Waals surface area contributed by atoms with E-state index in [0.717, 1.165) is 27.2 Å². The molecule has 3 heterocycles. The van der Waals surface area contributed by atoms with Crippen LogP contribution < -0.4 is 5.56 Å². The number of aromatic nitrogens is 5. The number of hydrogen-bond acceptors (Lipinski definition) is 6. The summed E-state index contributed by atoms with van der Waals surface area (Å²) in [4.78, 5) is 21.2. The first-order chi connectivity index (χ1) is 15.1. The predicted octanol–water partition coefficient (Wildman–Crippen LogP) is 5.49. The molecule has 0 unspecified atom stereocenters. The van der Waals surface area contributed by atoms with Gasteiger partial charge in [0, 0.05) is 16.0 Å². The van der Waals surface area contributed by atoms with Gasteiger partial charge < -0.3 is 4.98 Å². The van der Waals surface area contributed by atoms with Crippen molar-refractivity contribution in [3.63, 3.8) is 0 Å². The maximum absolute atomic E-state index is 12.8. The van der Waals surface area contributed by atoms with Crippen LogP contribution in [-0.4, -0.2) is 24.7 Å². The summed E-state index contributed by atoms with van der Waals surface area (Å²) in [6.07, 6.45) is 1.65. The number of thiophene rings is 1. The first-order valence-corrected chi connectivity index (χ1v) is 11.7. The Balaban J connectivity index is 1.42. The maximum Gasteiger partial charge on any atom is 0.260 e. The number of aryl methyl sites for hydroxylation is 1. The third-order valence-corrected chi connectivity index (χ3v) is 7.10. The molecule has 2 aromatic carbocycles. The predicted molar refractivity (Wildman–Crippen MR) is 126 cm³/mol. The van der Waals surface area contributed by atoms with Gasteiger partial charge in [0.05, 0.1) is 16.8 Å². The van der Waals surface area contributed by atoms with Crippen LogP contribution in [0.3, 0.4) is 0 Å². The molecule has 0 aliphatic rings. The largest absolute Gasteiger partial charge is 0.309 e. The molecule has 0 radical (unpaired) electrons. The Labute approximate surface area is 191 Å². The Morgan fingerprint density at radius 3 is 2.84 bits per heavy atom. The zero-order valence-corrected chi connectivity index (χ0v) is 18.8. The molecule has 3 aromatic heterocycles.